The SMILES string of the molecule is COc1ccc(C)cc1Nc1cc(C(=O)N2c3ccccc3CC2C)nc(C)n1. The molecule has 2 heterocycles. The Hall–Kier alpha value is -3.41. The molecule has 1 aliphatic heterocycles. The number of methoxy groups -OCH3 is 1. The molecule has 1 N–H and O–H groups in total. The molecule has 6 heteroatoms. The third-order valence-electron chi connectivity index (χ3n) is 5.10. The first-order valence-electron chi connectivity index (χ1n) is 9.65. The van der Waals surface area contributed by atoms with Crippen LogP contribution in [0.2, 0.25) is 0 Å². The highest BCUT2D eigenvalue weighted by Gasteiger charge is 2.32. The quantitative estimate of drug-likeness (QED) is 0.716. The minimum atomic E-state index is -0.118. The van der Waals surface area contributed by atoms with Crippen molar-refractivity contribution < 1.29 is 9.53 Å². The van der Waals surface area contributed by atoms with Gasteiger partial charge in [0.2, 0.25) is 0 Å². The van der Waals surface area contributed by atoms with Gasteiger partial charge >= 0.3 is 0 Å². The molecular weight excluding hydrogens is 364 g/mol. The lowest BCUT2D eigenvalue weighted by atomic mass is 10.1. The van der Waals surface area contributed by atoms with Crippen LogP contribution in [0.25, 0.3) is 0 Å². The molecule has 0 aliphatic carbocycles. The summed E-state index contributed by atoms with van der Waals surface area (Å²) >= 11 is 0. The van der Waals surface area contributed by atoms with Gasteiger partial charge in [0.15, 0.2) is 0 Å². The molecule has 3 aromatic rings. The molecule has 0 spiro atoms. The highest BCUT2D eigenvalue weighted by atomic mass is 16.5. The van der Waals surface area contributed by atoms with Gasteiger partial charge in [-0.15, -0.1) is 0 Å². The number of aromatic nitrogens is 2. The number of amides is 1. The molecule has 1 aliphatic rings. The highest BCUT2D eigenvalue weighted by Crippen LogP contribution is 2.33. The molecule has 2 aromatic carbocycles. The van der Waals surface area contributed by atoms with E-state index in [-0.39, 0.29) is 11.9 Å². The number of para-hydroxylation sites is 1. The van der Waals surface area contributed by atoms with Gasteiger partial charge in [0.1, 0.15) is 23.1 Å². The Morgan fingerprint density at radius 1 is 1.14 bits per heavy atom. The lowest BCUT2D eigenvalue weighted by molar-refractivity contribution is 0.0976. The number of carbonyl (C=O) groups excluding carboxylic acids is 1. The molecule has 0 fully saturated rings. The van der Waals surface area contributed by atoms with Crippen LogP contribution in [0.4, 0.5) is 17.2 Å². The molecule has 4 rings (SSSR count). The summed E-state index contributed by atoms with van der Waals surface area (Å²) in [5.74, 6) is 1.68. The number of fused-ring (bicyclic) bond motifs is 1. The molecule has 0 radical (unpaired) electrons. The van der Waals surface area contributed by atoms with E-state index >= 15 is 0 Å². The van der Waals surface area contributed by atoms with Gasteiger partial charge < -0.3 is 15.0 Å². The van der Waals surface area contributed by atoms with Crippen molar-refractivity contribution in [2.45, 2.75) is 33.2 Å². The van der Waals surface area contributed by atoms with E-state index in [2.05, 4.69) is 28.3 Å². The second kappa shape index (κ2) is 7.54. The second-order valence-corrected chi connectivity index (χ2v) is 7.37. The van der Waals surface area contributed by atoms with E-state index in [9.17, 15) is 4.79 Å². The van der Waals surface area contributed by atoms with Crippen LogP contribution in [0.15, 0.2) is 48.5 Å². The number of rotatable bonds is 4. The standard InChI is InChI=1S/C23H24N4O2/c1-14-9-10-21(29-4)18(11-14)26-22-13-19(24-16(3)25-22)23(28)27-15(2)12-17-7-5-6-8-20(17)27/h5-11,13,15H,12H2,1-4H3,(H,24,25,26). The zero-order valence-corrected chi connectivity index (χ0v) is 17.1. The first-order chi connectivity index (χ1) is 14.0. The Morgan fingerprint density at radius 2 is 1.93 bits per heavy atom. The van der Waals surface area contributed by atoms with Crippen molar-refractivity contribution in [2.75, 3.05) is 17.3 Å². The summed E-state index contributed by atoms with van der Waals surface area (Å²) in [6.45, 7) is 5.86. The van der Waals surface area contributed by atoms with Gasteiger partial charge in [0, 0.05) is 17.8 Å². The van der Waals surface area contributed by atoms with E-state index in [1.54, 1.807) is 20.1 Å². The van der Waals surface area contributed by atoms with Gasteiger partial charge in [-0.2, -0.15) is 0 Å². The van der Waals surface area contributed by atoms with Crippen molar-refractivity contribution in [3.63, 3.8) is 0 Å². The second-order valence-electron chi connectivity index (χ2n) is 7.37. The lowest BCUT2D eigenvalue weighted by Gasteiger charge is -2.22. The molecule has 29 heavy (non-hydrogen) atoms. The smallest absolute Gasteiger partial charge is 0.277 e. The van der Waals surface area contributed by atoms with Crippen LogP contribution in [0.1, 0.15) is 34.4 Å². The Kier molecular flexibility index (Phi) is 4.92. The lowest BCUT2D eigenvalue weighted by Crippen LogP contribution is -2.36. The van der Waals surface area contributed by atoms with Gasteiger partial charge in [-0.05, 0) is 56.5 Å². The number of anilines is 3. The van der Waals surface area contributed by atoms with Crippen LogP contribution in [-0.4, -0.2) is 29.0 Å². The van der Waals surface area contributed by atoms with Crippen LogP contribution >= 0.6 is 0 Å². The van der Waals surface area contributed by atoms with Gasteiger partial charge in [0.05, 0.1) is 12.8 Å². The summed E-state index contributed by atoms with van der Waals surface area (Å²) in [7, 11) is 1.63. The molecule has 0 saturated carbocycles. The molecule has 6 nitrogen and oxygen atoms in total. The van der Waals surface area contributed by atoms with Crippen molar-refractivity contribution >= 4 is 23.1 Å². The van der Waals surface area contributed by atoms with Gasteiger partial charge in [0.25, 0.3) is 5.91 Å². The zero-order valence-electron chi connectivity index (χ0n) is 17.1. The molecule has 1 amide bonds. The zero-order chi connectivity index (χ0) is 20.5. The van der Waals surface area contributed by atoms with Crippen LogP contribution < -0.4 is 15.0 Å². The fourth-order valence-electron chi connectivity index (χ4n) is 3.80. The molecule has 1 unspecified atom stereocenters. The number of nitrogens with zero attached hydrogens (tertiary/aromatic N) is 3. The number of hydrogen-bond acceptors (Lipinski definition) is 5. The average Bonchev–Trinajstić information content (AvgIpc) is 3.03. The van der Waals surface area contributed by atoms with Crippen molar-refractivity contribution in [3.05, 3.63) is 71.2 Å². The summed E-state index contributed by atoms with van der Waals surface area (Å²) in [5, 5.41) is 3.27. The maximum atomic E-state index is 13.3. The number of carbonyl (C=O) groups is 1. The number of nitrogens with one attached hydrogen (secondary N) is 1. The normalized spacial score (nSPS) is 15.2. The Balaban J connectivity index is 1.68. The monoisotopic (exact) mass is 388 g/mol. The average molecular weight is 388 g/mol. The van der Waals surface area contributed by atoms with E-state index < -0.39 is 0 Å². The third kappa shape index (κ3) is 3.66. The van der Waals surface area contributed by atoms with Crippen molar-refractivity contribution in [1.29, 1.82) is 0 Å². The van der Waals surface area contributed by atoms with E-state index in [0.29, 0.717) is 23.1 Å². The fourth-order valence-corrected chi connectivity index (χ4v) is 3.80. The summed E-state index contributed by atoms with van der Waals surface area (Å²) in [4.78, 5) is 24.0. The Morgan fingerprint density at radius 3 is 2.72 bits per heavy atom. The van der Waals surface area contributed by atoms with E-state index in [1.165, 1.54) is 5.56 Å². The number of hydrogen-bond donors (Lipinski definition) is 1. The predicted octanol–water partition coefficient (Wildman–Crippen LogP) is 4.44. The topological polar surface area (TPSA) is 67.3 Å². The van der Waals surface area contributed by atoms with Crippen molar-refractivity contribution in [2.24, 2.45) is 0 Å². The molecule has 1 atom stereocenters. The minimum absolute atomic E-state index is 0.0865. The van der Waals surface area contributed by atoms with Gasteiger partial charge in [-0.1, -0.05) is 24.3 Å². The molecule has 1 aromatic heterocycles. The van der Waals surface area contributed by atoms with Crippen LogP contribution in [-0.2, 0) is 6.42 Å². The predicted molar refractivity (Wildman–Crippen MR) is 114 cm³/mol. The third-order valence-corrected chi connectivity index (χ3v) is 5.10. The highest BCUT2D eigenvalue weighted by molar-refractivity contribution is 6.07. The largest absolute Gasteiger partial charge is 0.495 e. The Bertz CT molecular complexity index is 1080. The van der Waals surface area contributed by atoms with Gasteiger partial charge in [-0.25, -0.2) is 9.97 Å². The van der Waals surface area contributed by atoms with Crippen LogP contribution in [0.5, 0.6) is 5.75 Å². The minimum Gasteiger partial charge on any atom is -0.495 e. The van der Waals surface area contributed by atoms with E-state index in [1.807, 2.05) is 48.2 Å². The summed E-state index contributed by atoms with van der Waals surface area (Å²) < 4.78 is 5.43. The van der Waals surface area contributed by atoms with Crippen LogP contribution in [0, 0.1) is 13.8 Å². The van der Waals surface area contributed by atoms with E-state index in [4.69, 9.17) is 4.74 Å². The van der Waals surface area contributed by atoms with E-state index in [0.717, 1.165) is 23.4 Å². The van der Waals surface area contributed by atoms with Gasteiger partial charge in [-0.3, -0.25) is 4.79 Å². The number of ether oxygens (including phenoxy) is 1. The molecule has 0 saturated heterocycles. The van der Waals surface area contributed by atoms with Crippen molar-refractivity contribution in [1.82, 2.24) is 9.97 Å². The number of benzene rings is 2. The Labute approximate surface area is 170 Å². The van der Waals surface area contributed by atoms with Crippen LogP contribution in [0.3, 0.4) is 0 Å². The maximum Gasteiger partial charge on any atom is 0.277 e. The first kappa shape index (κ1) is 18.9. The number of aryl methyl sites for hydroxylation is 2. The summed E-state index contributed by atoms with van der Waals surface area (Å²) in [6, 6.07) is 15.7. The maximum absolute atomic E-state index is 13.3. The molecule has 0 bridgehead atoms. The molecule has 148 valence electrons. The van der Waals surface area contributed by atoms with Crippen molar-refractivity contribution in [3.8, 4) is 5.75 Å². The fraction of sp³-hybridized carbons (Fsp3) is 0.261. The molecular formula is C23H24N4O2. The summed E-state index contributed by atoms with van der Waals surface area (Å²) in [5.41, 5.74) is 4.40. The summed E-state index contributed by atoms with van der Waals surface area (Å²) in [6.07, 6.45) is 0.845. The first-order valence-corrected chi connectivity index (χ1v) is 9.65.